The first-order valence-corrected chi connectivity index (χ1v) is 14.3. The zero-order valence-electron chi connectivity index (χ0n) is 23.1. The van der Waals surface area contributed by atoms with Gasteiger partial charge in [0.05, 0.1) is 17.5 Å². The number of nitrogens with zero attached hydrogens (tertiary/aromatic N) is 3. The number of furan rings is 1. The van der Waals surface area contributed by atoms with E-state index < -0.39 is 17.4 Å². The second-order valence-corrected chi connectivity index (χ2v) is 11.6. The molecule has 0 bridgehead atoms. The number of aryl methyl sites for hydroxylation is 1. The molecule has 3 aromatic heterocycles. The molecule has 0 aliphatic rings. The molecule has 0 fully saturated rings. The van der Waals surface area contributed by atoms with Crippen LogP contribution in [0.2, 0.25) is 0 Å². The van der Waals surface area contributed by atoms with Crippen molar-refractivity contribution in [2.24, 2.45) is 11.7 Å². The molecule has 0 spiro atoms. The van der Waals surface area contributed by atoms with Crippen LogP contribution in [0.3, 0.4) is 0 Å². The van der Waals surface area contributed by atoms with E-state index in [0.717, 1.165) is 16.7 Å². The fraction of sp³-hybridized carbons (Fsp3) is 0.290. The predicted molar refractivity (Wildman–Crippen MR) is 158 cm³/mol. The average Bonchev–Trinajstić information content (AvgIpc) is 3.57. The highest BCUT2D eigenvalue weighted by Crippen LogP contribution is 2.33. The van der Waals surface area contributed by atoms with Gasteiger partial charge in [0.25, 0.3) is 11.5 Å². The number of hydrogen-bond acceptors (Lipinski definition) is 7. The Morgan fingerprint density at radius 1 is 1.17 bits per heavy atom. The summed E-state index contributed by atoms with van der Waals surface area (Å²) in [6.07, 6.45) is 1.31. The van der Waals surface area contributed by atoms with Crippen LogP contribution in [-0.4, -0.2) is 39.7 Å². The predicted octanol–water partition coefficient (Wildman–Crippen LogP) is 5.70. The molecule has 5 aromatic rings. The molecule has 1 amide bonds. The monoisotopic (exact) mass is 574 g/mol. The topological polar surface area (TPSA) is 111 Å². The fourth-order valence-corrected chi connectivity index (χ4v) is 5.90. The minimum atomic E-state index is -0.628. The summed E-state index contributed by atoms with van der Waals surface area (Å²) in [5.41, 5.74) is 7.55. The van der Waals surface area contributed by atoms with E-state index in [1.54, 1.807) is 29.2 Å². The van der Waals surface area contributed by atoms with Crippen LogP contribution in [0.1, 0.15) is 62.6 Å². The lowest BCUT2D eigenvalue weighted by atomic mass is 9.99. The number of amides is 1. The fourth-order valence-electron chi connectivity index (χ4n) is 5.08. The maximum Gasteiger partial charge on any atom is 0.297 e. The number of aromatic nitrogens is 2. The first kappa shape index (κ1) is 28.4. The molecule has 0 saturated heterocycles. The van der Waals surface area contributed by atoms with Gasteiger partial charge in [-0.05, 0) is 68.3 Å². The van der Waals surface area contributed by atoms with Crippen molar-refractivity contribution in [3.05, 3.63) is 97.5 Å². The third-order valence-electron chi connectivity index (χ3n) is 7.07. The van der Waals surface area contributed by atoms with Crippen molar-refractivity contribution in [2.75, 3.05) is 13.1 Å². The number of nitrogens with two attached hydrogens (primary N) is 1. The third-order valence-corrected chi connectivity index (χ3v) is 8.07. The van der Waals surface area contributed by atoms with Crippen molar-refractivity contribution < 1.29 is 18.4 Å². The van der Waals surface area contributed by atoms with E-state index in [1.807, 2.05) is 32.9 Å². The Morgan fingerprint density at radius 3 is 2.59 bits per heavy atom. The third kappa shape index (κ3) is 5.57. The lowest BCUT2D eigenvalue weighted by Crippen LogP contribution is -2.42. The zero-order chi connectivity index (χ0) is 29.3. The molecule has 0 aliphatic heterocycles. The summed E-state index contributed by atoms with van der Waals surface area (Å²) < 4.78 is 21.7. The second-order valence-electron chi connectivity index (χ2n) is 10.4. The standard InChI is InChI=1S/C31H31FN4O4S/c1-18(2)27(35(14-4-13-33)30(38)20-7-5-19(3)6-8-20)29-34-26-24-15-21(32)9-12-25(24)40-28(26)31(39)36(29)16-22-10-11-23(17-37)41-22/h5-12,15,17-18,27H,4,13-14,16,33H2,1-3H3. The molecule has 3 heterocycles. The Kier molecular flexibility index (Phi) is 8.14. The number of thiophene rings is 1. The van der Waals surface area contributed by atoms with Crippen LogP contribution in [0, 0.1) is 18.7 Å². The van der Waals surface area contributed by atoms with Crippen molar-refractivity contribution in [1.82, 2.24) is 14.5 Å². The minimum Gasteiger partial charge on any atom is -0.448 e. The van der Waals surface area contributed by atoms with Gasteiger partial charge in [-0.3, -0.25) is 19.0 Å². The van der Waals surface area contributed by atoms with Crippen LogP contribution >= 0.6 is 11.3 Å². The van der Waals surface area contributed by atoms with Gasteiger partial charge in [0.1, 0.15) is 22.7 Å². The van der Waals surface area contributed by atoms with E-state index in [2.05, 4.69) is 0 Å². The molecule has 0 radical (unpaired) electrons. The number of hydrogen-bond donors (Lipinski definition) is 1. The van der Waals surface area contributed by atoms with Crippen LogP contribution in [0.25, 0.3) is 22.1 Å². The van der Waals surface area contributed by atoms with Crippen LogP contribution in [0.5, 0.6) is 0 Å². The molecule has 8 nitrogen and oxygen atoms in total. The summed E-state index contributed by atoms with van der Waals surface area (Å²) >= 11 is 1.27. The molecule has 0 saturated carbocycles. The first-order chi connectivity index (χ1) is 19.7. The molecule has 5 rings (SSSR count). The molecule has 10 heteroatoms. The maximum absolute atomic E-state index is 14.3. The highest BCUT2D eigenvalue weighted by atomic mass is 32.1. The van der Waals surface area contributed by atoms with Gasteiger partial charge in [-0.25, -0.2) is 9.37 Å². The Labute approximate surface area is 240 Å². The number of carbonyl (C=O) groups excluding carboxylic acids is 2. The number of carbonyl (C=O) groups is 2. The van der Waals surface area contributed by atoms with Crippen molar-refractivity contribution in [2.45, 2.75) is 39.8 Å². The number of fused-ring (bicyclic) bond motifs is 3. The van der Waals surface area contributed by atoms with E-state index in [1.165, 1.54) is 34.1 Å². The number of halogens is 1. The van der Waals surface area contributed by atoms with Crippen LogP contribution in [0.4, 0.5) is 4.39 Å². The molecular formula is C31H31FN4O4S. The molecule has 41 heavy (non-hydrogen) atoms. The Hall–Kier alpha value is -4.15. The van der Waals surface area contributed by atoms with Crippen molar-refractivity contribution in [3.63, 3.8) is 0 Å². The SMILES string of the molecule is Cc1ccc(C(=O)N(CCCN)C(c2nc3c(oc4ccc(F)cc43)c(=O)n2Cc2ccc(C=O)s2)C(C)C)cc1. The van der Waals surface area contributed by atoms with Gasteiger partial charge in [-0.2, -0.15) is 0 Å². The molecule has 2 aromatic carbocycles. The minimum absolute atomic E-state index is 0.00222. The van der Waals surface area contributed by atoms with Gasteiger partial charge in [0, 0.05) is 22.4 Å². The summed E-state index contributed by atoms with van der Waals surface area (Å²) in [7, 11) is 0. The second kappa shape index (κ2) is 11.8. The molecule has 0 aliphatic carbocycles. The Bertz CT molecular complexity index is 1790. The van der Waals surface area contributed by atoms with E-state index in [0.29, 0.717) is 46.7 Å². The van der Waals surface area contributed by atoms with E-state index in [-0.39, 0.29) is 29.5 Å². The zero-order valence-corrected chi connectivity index (χ0v) is 23.9. The average molecular weight is 575 g/mol. The quantitative estimate of drug-likeness (QED) is 0.214. The lowest BCUT2D eigenvalue weighted by molar-refractivity contribution is 0.0602. The van der Waals surface area contributed by atoms with Crippen molar-refractivity contribution in [1.29, 1.82) is 0 Å². The van der Waals surface area contributed by atoms with Crippen LogP contribution in [0.15, 0.2) is 63.8 Å². The van der Waals surface area contributed by atoms with Gasteiger partial charge < -0.3 is 15.1 Å². The summed E-state index contributed by atoms with van der Waals surface area (Å²) in [6, 6.07) is 14.2. The van der Waals surface area contributed by atoms with Crippen molar-refractivity contribution in [3.8, 4) is 0 Å². The highest BCUT2D eigenvalue weighted by molar-refractivity contribution is 7.13. The largest absolute Gasteiger partial charge is 0.448 e. The maximum atomic E-state index is 14.3. The number of rotatable bonds is 10. The summed E-state index contributed by atoms with van der Waals surface area (Å²) in [5.74, 6) is -0.503. The van der Waals surface area contributed by atoms with Gasteiger partial charge in [-0.1, -0.05) is 31.5 Å². The Balaban J connectivity index is 1.76. The van der Waals surface area contributed by atoms with Gasteiger partial charge in [0.2, 0.25) is 5.58 Å². The molecule has 1 unspecified atom stereocenters. The van der Waals surface area contributed by atoms with Gasteiger partial charge in [0.15, 0.2) is 6.29 Å². The van der Waals surface area contributed by atoms with E-state index in [9.17, 15) is 18.8 Å². The smallest absolute Gasteiger partial charge is 0.297 e. The normalized spacial score (nSPS) is 12.3. The van der Waals surface area contributed by atoms with E-state index >= 15 is 0 Å². The number of aldehydes is 1. The van der Waals surface area contributed by atoms with Gasteiger partial charge >= 0.3 is 0 Å². The molecule has 212 valence electrons. The van der Waals surface area contributed by atoms with Crippen LogP contribution < -0.4 is 11.3 Å². The molecule has 2 N–H and O–H groups in total. The van der Waals surface area contributed by atoms with Gasteiger partial charge in [-0.15, -0.1) is 11.3 Å². The summed E-state index contributed by atoms with van der Waals surface area (Å²) in [6.45, 7) is 6.71. The summed E-state index contributed by atoms with van der Waals surface area (Å²) in [5, 5.41) is 0.380. The molecule has 1 atom stereocenters. The van der Waals surface area contributed by atoms with E-state index in [4.69, 9.17) is 15.1 Å². The molecular weight excluding hydrogens is 543 g/mol. The summed E-state index contributed by atoms with van der Waals surface area (Å²) in [4.78, 5) is 47.4. The Morgan fingerprint density at radius 2 is 1.93 bits per heavy atom. The number of benzene rings is 2. The van der Waals surface area contributed by atoms with Crippen molar-refractivity contribution >= 4 is 45.6 Å². The first-order valence-electron chi connectivity index (χ1n) is 13.5. The highest BCUT2D eigenvalue weighted by Gasteiger charge is 2.33. The lowest BCUT2D eigenvalue weighted by Gasteiger charge is -2.35. The van der Waals surface area contributed by atoms with Crippen LogP contribution in [-0.2, 0) is 6.54 Å².